The molecule has 2 heterocycles. The molecule has 0 aromatic heterocycles. The van der Waals surface area contributed by atoms with E-state index in [1.165, 1.54) is 12.5 Å². The van der Waals surface area contributed by atoms with Crippen molar-refractivity contribution in [2.45, 2.75) is 18.3 Å². The Morgan fingerprint density at radius 1 is 1.47 bits per heavy atom. The molecule has 0 spiro atoms. The predicted octanol–water partition coefficient (Wildman–Crippen LogP) is 2.10. The Hall–Kier alpha value is -1.13. The summed E-state index contributed by atoms with van der Waals surface area (Å²) in [5.41, 5.74) is 0.901. The van der Waals surface area contributed by atoms with E-state index < -0.39 is 0 Å². The zero-order valence-electron chi connectivity index (χ0n) is 11.2. The first kappa shape index (κ1) is 12.9. The van der Waals surface area contributed by atoms with Crippen molar-refractivity contribution < 1.29 is 13.9 Å². The third-order valence-electron chi connectivity index (χ3n) is 4.33. The summed E-state index contributed by atoms with van der Waals surface area (Å²) in [5.74, 6) is 1.22. The van der Waals surface area contributed by atoms with Gasteiger partial charge in [-0.1, -0.05) is 0 Å². The summed E-state index contributed by atoms with van der Waals surface area (Å²) in [5, 5.41) is 3.39. The summed E-state index contributed by atoms with van der Waals surface area (Å²) in [6.45, 7) is 3.48. The van der Waals surface area contributed by atoms with E-state index in [-0.39, 0.29) is 11.2 Å². The lowest BCUT2D eigenvalue weighted by Gasteiger charge is -2.44. The van der Waals surface area contributed by atoms with Crippen LogP contribution in [0.15, 0.2) is 18.2 Å². The predicted molar refractivity (Wildman–Crippen MR) is 71.0 cm³/mol. The van der Waals surface area contributed by atoms with Crippen LogP contribution < -0.4 is 10.1 Å². The van der Waals surface area contributed by atoms with Gasteiger partial charge >= 0.3 is 0 Å². The highest BCUT2D eigenvalue weighted by Crippen LogP contribution is 2.43. The molecule has 1 aromatic rings. The largest absolute Gasteiger partial charge is 0.496 e. The second kappa shape index (κ2) is 5.10. The van der Waals surface area contributed by atoms with Gasteiger partial charge in [0.05, 0.1) is 20.3 Å². The molecule has 1 unspecified atom stereocenters. The zero-order chi connectivity index (χ0) is 13.3. The van der Waals surface area contributed by atoms with Gasteiger partial charge in [0.2, 0.25) is 0 Å². The van der Waals surface area contributed by atoms with E-state index in [9.17, 15) is 4.39 Å². The van der Waals surface area contributed by atoms with Crippen molar-refractivity contribution in [3.8, 4) is 5.75 Å². The van der Waals surface area contributed by atoms with Crippen molar-refractivity contribution in [2.24, 2.45) is 5.92 Å². The zero-order valence-corrected chi connectivity index (χ0v) is 11.2. The summed E-state index contributed by atoms with van der Waals surface area (Å²) < 4.78 is 24.4. The average Bonchev–Trinajstić information content (AvgIpc) is 2.86. The fraction of sp³-hybridized carbons (Fsp3) is 0.600. The standard InChI is InChI=1S/C15H20FNO2/c1-18-14-3-2-12(16)6-13(14)15(9-19-10-15)7-11-4-5-17-8-11/h2-3,6,11,17H,4-5,7-10H2,1H3. The lowest BCUT2D eigenvalue weighted by molar-refractivity contribution is -0.0715. The van der Waals surface area contributed by atoms with Crippen LogP contribution in [0, 0.1) is 11.7 Å². The summed E-state index contributed by atoms with van der Waals surface area (Å²) in [7, 11) is 1.64. The number of hydrogen-bond acceptors (Lipinski definition) is 3. The summed E-state index contributed by atoms with van der Waals surface area (Å²) in [6, 6.07) is 4.79. The molecule has 19 heavy (non-hydrogen) atoms. The Kier molecular flexibility index (Phi) is 3.46. The van der Waals surface area contributed by atoms with Gasteiger partial charge < -0.3 is 14.8 Å². The maximum absolute atomic E-state index is 13.6. The molecular formula is C15H20FNO2. The quantitative estimate of drug-likeness (QED) is 0.904. The maximum Gasteiger partial charge on any atom is 0.123 e. The van der Waals surface area contributed by atoms with Gasteiger partial charge in [-0.15, -0.1) is 0 Å². The molecule has 3 rings (SSSR count). The monoisotopic (exact) mass is 265 g/mol. The topological polar surface area (TPSA) is 30.5 Å². The third-order valence-corrected chi connectivity index (χ3v) is 4.33. The van der Waals surface area contributed by atoms with Crippen molar-refractivity contribution in [1.82, 2.24) is 5.32 Å². The van der Waals surface area contributed by atoms with Crippen LogP contribution in [0.2, 0.25) is 0 Å². The van der Waals surface area contributed by atoms with Gasteiger partial charge in [-0.2, -0.15) is 0 Å². The van der Waals surface area contributed by atoms with Crippen LogP contribution in [0.4, 0.5) is 4.39 Å². The second-order valence-electron chi connectivity index (χ2n) is 5.68. The van der Waals surface area contributed by atoms with Crippen LogP contribution in [-0.4, -0.2) is 33.4 Å². The number of benzene rings is 1. The molecule has 1 N–H and O–H groups in total. The highest BCUT2D eigenvalue weighted by Gasteiger charge is 2.44. The van der Waals surface area contributed by atoms with Crippen LogP contribution in [0.25, 0.3) is 0 Å². The van der Waals surface area contributed by atoms with Gasteiger partial charge in [-0.3, -0.25) is 0 Å². The minimum atomic E-state index is -0.202. The second-order valence-corrected chi connectivity index (χ2v) is 5.68. The van der Waals surface area contributed by atoms with Gasteiger partial charge in [-0.05, 0) is 50.0 Å². The summed E-state index contributed by atoms with van der Waals surface area (Å²) >= 11 is 0. The number of methoxy groups -OCH3 is 1. The van der Waals surface area contributed by atoms with Crippen LogP contribution >= 0.6 is 0 Å². The van der Waals surface area contributed by atoms with E-state index in [0.717, 1.165) is 30.8 Å². The Morgan fingerprint density at radius 3 is 2.89 bits per heavy atom. The molecular weight excluding hydrogens is 245 g/mol. The lowest BCUT2D eigenvalue weighted by atomic mass is 9.71. The minimum Gasteiger partial charge on any atom is -0.496 e. The first-order valence-electron chi connectivity index (χ1n) is 6.86. The first-order chi connectivity index (χ1) is 9.23. The van der Waals surface area contributed by atoms with Crippen LogP contribution in [0.1, 0.15) is 18.4 Å². The Balaban J connectivity index is 1.90. The minimum absolute atomic E-state index is 0.0653. The van der Waals surface area contributed by atoms with Gasteiger partial charge in [0.1, 0.15) is 11.6 Å². The highest BCUT2D eigenvalue weighted by atomic mass is 19.1. The fourth-order valence-corrected chi connectivity index (χ4v) is 3.27. The maximum atomic E-state index is 13.6. The van der Waals surface area contributed by atoms with Crippen LogP contribution in [0.3, 0.4) is 0 Å². The molecule has 0 amide bonds. The summed E-state index contributed by atoms with van der Waals surface area (Å²) in [4.78, 5) is 0. The molecule has 1 atom stereocenters. The van der Waals surface area contributed by atoms with Crippen molar-refractivity contribution >= 4 is 0 Å². The van der Waals surface area contributed by atoms with Crippen molar-refractivity contribution in [1.29, 1.82) is 0 Å². The van der Waals surface area contributed by atoms with E-state index in [4.69, 9.17) is 9.47 Å². The lowest BCUT2D eigenvalue weighted by Crippen LogP contribution is -2.48. The molecule has 4 heteroatoms. The van der Waals surface area contributed by atoms with E-state index in [0.29, 0.717) is 19.1 Å². The third kappa shape index (κ3) is 2.35. The molecule has 2 aliphatic heterocycles. The molecule has 2 fully saturated rings. The van der Waals surface area contributed by atoms with Crippen molar-refractivity contribution in [2.75, 3.05) is 33.4 Å². The molecule has 2 saturated heterocycles. The molecule has 0 bridgehead atoms. The van der Waals surface area contributed by atoms with E-state index in [2.05, 4.69) is 5.32 Å². The van der Waals surface area contributed by atoms with Gasteiger partial charge in [-0.25, -0.2) is 4.39 Å². The average molecular weight is 265 g/mol. The van der Waals surface area contributed by atoms with Gasteiger partial charge in [0.15, 0.2) is 0 Å². The molecule has 0 aliphatic carbocycles. The van der Waals surface area contributed by atoms with Gasteiger partial charge in [0.25, 0.3) is 0 Å². The van der Waals surface area contributed by atoms with E-state index in [1.54, 1.807) is 19.2 Å². The fourth-order valence-electron chi connectivity index (χ4n) is 3.27. The molecule has 104 valence electrons. The molecule has 1 aromatic carbocycles. The Labute approximate surface area is 113 Å². The SMILES string of the molecule is COc1ccc(F)cc1C1(CC2CCNC2)COC1. The highest BCUT2D eigenvalue weighted by molar-refractivity contribution is 5.42. The van der Waals surface area contributed by atoms with Crippen molar-refractivity contribution in [3.63, 3.8) is 0 Å². The number of nitrogens with one attached hydrogen (secondary N) is 1. The van der Waals surface area contributed by atoms with Gasteiger partial charge in [0, 0.05) is 11.0 Å². The van der Waals surface area contributed by atoms with E-state index >= 15 is 0 Å². The number of hydrogen-bond donors (Lipinski definition) is 1. The van der Waals surface area contributed by atoms with Crippen molar-refractivity contribution in [3.05, 3.63) is 29.6 Å². The molecule has 3 nitrogen and oxygen atoms in total. The normalized spacial score (nSPS) is 25.1. The molecule has 0 radical (unpaired) electrons. The number of halogens is 1. The number of rotatable bonds is 4. The Morgan fingerprint density at radius 2 is 2.32 bits per heavy atom. The molecule has 2 aliphatic rings. The Bertz CT molecular complexity index is 453. The van der Waals surface area contributed by atoms with Crippen LogP contribution in [0.5, 0.6) is 5.75 Å². The van der Waals surface area contributed by atoms with Crippen LogP contribution in [-0.2, 0) is 10.2 Å². The number of ether oxygens (including phenoxy) is 2. The van der Waals surface area contributed by atoms with E-state index in [1.807, 2.05) is 0 Å². The first-order valence-corrected chi connectivity index (χ1v) is 6.86. The summed E-state index contributed by atoms with van der Waals surface area (Å²) in [6.07, 6.45) is 2.24. The smallest absolute Gasteiger partial charge is 0.123 e. The molecule has 0 saturated carbocycles.